The minimum Gasteiger partial charge on any atom is -0.372 e. The first kappa shape index (κ1) is 18.2. The van der Waals surface area contributed by atoms with E-state index in [2.05, 4.69) is 34.6 Å². The molecule has 1 saturated heterocycles. The van der Waals surface area contributed by atoms with Crippen LogP contribution >= 0.6 is 11.6 Å². The molecule has 27 heavy (non-hydrogen) atoms. The Labute approximate surface area is 165 Å². The van der Waals surface area contributed by atoms with E-state index in [1.54, 1.807) is 0 Å². The molecule has 2 aromatic rings. The van der Waals surface area contributed by atoms with Crippen LogP contribution in [0.25, 0.3) is 0 Å². The van der Waals surface area contributed by atoms with Gasteiger partial charge in [0.1, 0.15) is 0 Å². The molecular formula is C22H26ClN3O. The summed E-state index contributed by atoms with van der Waals surface area (Å²) in [4.78, 5) is 14.9. The second-order valence-corrected chi connectivity index (χ2v) is 8.32. The van der Waals surface area contributed by atoms with E-state index in [4.69, 9.17) is 11.6 Å². The van der Waals surface area contributed by atoms with Crippen molar-refractivity contribution in [3.8, 4) is 0 Å². The Balaban J connectivity index is 1.35. The van der Waals surface area contributed by atoms with Gasteiger partial charge in [0.15, 0.2) is 0 Å². The normalized spacial score (nSPS) is 18.8. The summed E-state index contributed by atoms with van der Waals surface area (Å²) < 4.78 is 0. The second kappa shape index (κ2) is 7.43. The van der Waals surface area contributed by atoms with E-state index in [-0.39, 0.29) is 11.6 Å². The monoisotopic (exact) mass is 383 g/mol. The second-order valence-electron chi connectivity index (χ2n) is 7.88. The average Bonchev–Trinajstić information content (AvgIpc) is 3.44. The lowest BCUT2D eigenvalue weighted by atomic mass is 9.99. The minimum absolute atomic E-state index is 0.165. The molecule has 2 N–H and O–H groups in total. The Hall–Kier alpha value is -2.20. The summed E-state index contributed by atoms with van der Waals surface area (Å²) >= 11 is 5.97. The maximum atomic E-state index is 12.5. The Morgan fingerprint density at radius 3 is 2.26 bits per heavy atom. The summed E-state index contributed by atoms with van der Waals surface area (Å²) in [7, 11) is 0. The number of halogens is 1. The van der Waals surface area contributed by atoms with Crippen LogP contribution in [0, 0.1) is 5.92 Å². The van der Waals surface area contributed by atoms with Crippen molar-refractivity contribution in [3.63, 3.8) is 0 Å². The van der Waals surface area contributed by atoms with E-state index in [0.29, 0.717) is 5.02 Å². The van der Waals surface area contributed by atoms with Crippen molar-refractivity contribution in [2.24, 2.45) is 5.92 Å². The van der Waals surface area contributed by atoms with E-state index in [9.17, 15) is 4.79 Å². The number of urea groups is 1. The number of hydrogen-bond acceptors (Lipinski definition) is 2. The van der Waals surface area contributed by atoms with Gasteiger partial charge in [-0.1, -0.05) is 30.7 Å². The Morgan fingerprint density at radius 1 is 1.04 bits per heavy atom. The molecule has 1 aliphatic carbocycles. The molecule has 0 atom stereocenters. The minimum atomic E-state index is -0.251. The highest BCUT2D eigenvalue weighted by Gasteiger charge is 2.45. The van der Waals surface area contributed by atoms with Gasteiger partial charge >= 0.3 is 6.03 Å². The molecule has 2 amide bonds. The third-order valence-corrected chi connectivity index (χ3v) is 6.03. The lowest BCUT2D eigenvalue weighted by Crippen LogP contribution is -2.38. The summed E-state index contributed by atoms with van der Waals surface area (Å²) in [6.07, 6.45) is 4.40. The van der Waals surface area contributed by atoms with Gasteiger partial charge in [-0.25, -0.2) is 4.79 Å². The highest BCUT2D eigenvalue weighted by Crippen LogP contribution is 2.45. The fraction of sp³-hybridized carbons (Fsp3) is 0.409. The summed E-state index contributed by atoms with van der Waals surface area (Å²) in [5.74, 6) is 0.821. The third-order valence-electron chi connectivity index (χ3n) is 5.77. The summed E-state index contributed by atoms with van der Waals surface area (Å²) in [5, 5.41) is 6.80. The summed E-state index contributed by atoms with van der Waals surface area (Å²) in [5.41, 5.74) is 2.90. The average molecular weight is 384 g/mol. The van der Waals surface area contributed by atoms with E-state index in [1.807, 2.05) is 36.4 Å². The van der Waals surface area contributed by atoms with Crippen LogP contribution in [0.3, 0.4) is 0 Å². The first-order valence-corrected chi connectivity index (χ1v) is 10.1. The number of piperidine rings is 1. The van der Waals surface area contributed by atoms with Gasteiger partial charge in [-0.3, -0.25) is 0 Å². The zero-order valence-corrected chi connectivity index (χ0v) is 16.4. The van der Waals surface area contributed by atoms with Gasteiger partial charge in [0.05, 0.1) is 5.54 Å². The predicted molar refractivity (Wildman–Crippen MR) is 112 cm³/mol. The van der Waals surface area contributed by atoms with Gasteiger partial charge in [0.2, 0.25) is 0 Å². The number of amides is 2. The summed E-state index contributed by atoms with van der Waals surface area (Å²) in [6.45, 7) is 4.54. The molecule has 1 saturated carbocycles. The van der Waals surface area contributed by atoms with E-state index < -0.39 is 0 Å². The Bertz CT molecular complexity index is 791. The number of anilines is 2. The van der Waals surface area contributed by atoms with Gasteiger partial charge < -0.3 is 15.5 Å². The molecule has 2 aromatic carbocycles. The van der Waals surface area contributed by atoms with Crippen molar-refractivity contribution in [2.75, 3.05) is 23.3 Å². The number of rotatable bonds is 4. The van der Waals surface area contributed by atoms with E-state index in [0.717, 1.165) is 43.1 Å². The molecule has 0 bridgehead atoms. The number of carbonyl (C=O) groups is 1. The van der Waals surface area contributed by atoms with E-state index >= 15 is 0 Å². The molecule has 1 heterocycles. The molecular weight excluding hydrogens is 358 g/mol. The van der Waals surface area contributed by atoms with Crippen LogP contribution in [0.2, 0.25) is 5.02 Å². The fourth-order valence-corrected chi connectivity index (χ4v) is 3.91. The van der Waals surface area contributed by atoms with Crippen molar-refractivity contribution < 1.29 is 4.79 Å². The van der Waals surface area contributed by atoms with Gasteiger partial charge in [-0.05, 0) is 73.6 Å². The van der Waals surface area contributed by atoms with Gasteiger partial charge in [-0.15, -0.1) is 0 Å². The molecule has 2 aliphatic rings. The molecule has 5 heteroatoms. The van der Waals surface area contributed by atoms with Crippen LogP contribution in [0.5, 0.6) is 0 Å². The van der Waals surface area contributed by atoms with Crippen LogP contribution in [-0.2, 0) is 5.54 Å². The molecule has 0 aromatic heterocycles. The number of nitrogens with one attached hydrogen (secondary N) is 2. The smallest absolute Gasteiger partial charge is 0.319 e. The van der Waals surface area contributed by atoms with Crippen LogP contribution in [0.4, 0.5) is 16.2 Å². The number of nitrogens with zero attached hydrogens (tertiary/aromatic N) is 1. The third kappa shape index (κ3) is 4.22. The van der Waals surface area contributed by atoms with Gasteiger partial charge in [0.25, 0.3) is 0 Å². The molecule has 0 unspecified atom stereocenters. The molecule has 4 rings (SSSR count). The molecule has 4 nitrogen and oxygen atoms in total. The highest BCUT2D eigenvalue weighted by molar-refractivity contribution is 6.30. The van der Waals surface area contributed by atoms with Gasteiger partial charge in [-0.2, -0.15) is 0 Å². The van der Waals surface area contributed by atoms with Crippen molar-refractivity contribution in [2.45, 2.75) is 38.1 Å². The standard InChI is InChI=1S/C22H26ClN3O/c1-16-10-14-26(15-11-16)20-8-6-19(7-9-20)24-21(27)25-22(12-13-22)17-2-4-18(23)5-3-17/h2-9,16H,10-15H2,1H3,(H2,24,25,27). The van der Waals surface area contributed by atoms with E-state index in [1.165, 1.54) is 18.5 Å². The van der Waals surface area contributed by atoms with Crippen molar-refractivity contribution in [3.05, 3.63) is 59.1 Å². The maximum absolute atomic E-state index is 12.5. The van der Waals surface area contributed by atoms with Crippen molar-refractivity contribution in [1.82, 2.24) is 5.32 Å². The first-order valence-electron chi connectivity index (χ1n) is 9.74. The molecule has 2 fully saturated rings. The van der Waals surface area contributed by atoms with Gasteiger partial charge in [0, 0.05) is 29.5 Å². The quantitative estimate of drug-likeness (QED) is 0.743. The maximum Gasteiger partial charge on any atom is 0.319 e. The topological polar surface area (TPSA) is 44.4 Å². The number of carbonyl (C=O) groups excluding carboxylic acids is 1. The molecule has 0 spiro atoms. The zero-order valence-electron chi connectivity index (χ0n) is 15.7. The molecule has 0 radical (unpaired) electrons. The Kier molecular flexibility index (Phi) is 5.00. The number of benzene rings is 2. The van der Waals surface area contributed by atoms with Crippen LogP contribution in [-0.4, -0.2) is 19.1 Å². The molecule has 1 aliphatic heterocycles. The SMILES string of the molecule is CC1CCN(c2ccc(NC(=O)NC3(c4ccc(Cl)cc4)CC3)cc2)CC1. The predicted octanol–water partition coefficient (Wildman–Crippen LogP) is 5.39. The van der Waals surface area contributed by atoms with Crippen molar-refractivity contribution in [1.29, 1.82) is 0 Å². The largest absolute Gasteiger partial charge is 0.372 e. The zero-order chi connectivity index (χ0) is 18.9. The highest BCUT2D eigenvalue weighted by atomic mass is 35.5. The Morgan fingerprint density at radius 2 is 1.67 bits per heavy atom. The lowest BCUT2D eigenvalue weighted by Gasteiger charge is -2.32. The van der Waals surface area contributed by atoms with Crippen LogP contribution in [0.15, 0.2) is 48.5 Å². The first-order chi connectivity index (χ1) is 13.0. The number of hydrogen-bond donors (Lipinski definition) is 2. The molecule has 142 valence electrons. The van der Waals surface area contributed by atoms with Crippen molar-refractivity contribution >= 4 is 29.0 Å². The lowest BCUT2D eigenvalue weighted by molar-refractivity contribution is 0.247. The summed E-state index contributed by atoms with van der Waals surface area (Å²) in [6, 6.07) is 15.7. The fourth-order valence-electron chi connectivity index (χ4n) is 3.78. The van der Waals surface area contributed by atoms with Crippen LogP contribution < -0.4 is 15.5 Å². The van der Waals surface area contributed by atoms with Crippen LogP contribution in [0.1, 0.15) is 38.2 Å².